The number of amides is 1. The number of anilines is 2. The summed E-state index contributed by atoms with van der Waals surface area (Å²) in [6, 6.07) is 14.0. The van der Waals surface area contributed by atoms with Gasteiger partial charge in [-0.25, -0.2) is 9.18 Å². The van der Waals surface area contributed by atoms with Crippen LogP contribution in [0.1, 0.15) is 61.5 Å². The molecule has 228 valence electrons. The van der Waals surface area contributed by atoms with Crippen LogP contribution >= 0.6 is 23.2 Å². The van der Waals surface area contributed by atoms with E-state index < -0.39 is 29.2 Å². The van der Waals surface area contributed by atoms with Gasteiger partial charge in [0.1, 0.15) is 11.6 Å². The molecule has 4 atom stereocenters. The van der Waals surface area contributed by atoms with Crippen molar-refractivity contribution in [3.05, 3.63) is 87.2 Å². The zero-order chi connectivity index (χ0) is 31.3. The highest BCUT2D eigenvalue weighted by molar-refractivity contribution is 6.31. The number of hydrogen-bond acceptors (Lipinski definition) is 5. The molecule has 0 unspecified atom stereocenters. The molecule has 2 aliphatic rings. The van der Waals surface area contributed by atoms with Gasteiger partial charge in [0.25, 0.3) is 0 Å². The van der Waals surface area contributed by atoms with E-state index in [-0.39, 0.29) is 33.7 Å². The van der Waals surface area contributed by atoms with E-state index >= 15 is 4.39 Å². The number of halogens is 3. The van der Waals surface area contributed by atoms with Crippen molar-refractivity contribution in [2.45, 2.75) is 57.5 Å². The summed E-state index contributed by atoms with van der Waals surface area (Å²) in [4.78, 5) is 28.3. The van der Waals surface area contributed by atoms with Gasteiger partial charge in [-0.15, -0.1) is 0 Å². The minimum Gasteiger partial charge on any atom is -0.495 e. The number of likely N-dealkylation sites (N-methyl/N-ethyl adjacent to an activating group) is 1. The minimum absolute atomic E-state index is 0.0117. The Morgan fingerprint density at radius 1 is 1.16 bits per heavy atom. The van der Waals surface area contributed by atoms with E-state index in [9.17, 15) is 14.7 Å². The molecule has 0 radical (unpaired) electrons. The van der Waals surface area contributed by atoms with Crippen LogP contribution in [0.4, 0.5) is 15.8 Å². The van der Waals surface area contributed by atoms with Gasteiger partial charge in [-0.2, -0.15) is 0 Å². The molecule has 5 rings (SSSR count). The van der Waals surface area contributed by atoms with Gasteiger partial charge in [-0.1, -0.05) is 69.1 Å². The number of likely N-dealkylation sites (tertiary alicyclic amines) is 1. The van der Waals surface area contributed by atoms with Crippen molar-refractivity contribution in [1.29, 1.82) is 0 Å². The first-order valence-corrected chi connectivity index (χ1v) is 15.0. The smallest absolute Gasteiger partial charge is 0.335 e. The molecule has 3 N–H and O–H groups in total. The first-order valence-electron chi connectivity index (χ1n) is 14.3. The molecule has 1 amide bonds. The summed E-state index contributed by atoms with van der Waals surface area (Å²) in [7, 11) is 1.41. The monoisotopic (exact) mass is 627 g/mol. The Balaban J connectivity index is 1.73. The quantitative estimate of drug-likeness (QED) is 0.252. The molecule has 0 aliphatic carbocycles. The number of nitrogens with one attached hydrogen (secondary N) is 2. The number of hydrogen-bond donors (Lipinski definition) is 3. The van der Waals surface area contributed by atoms with Gasteiger partial charge >= 0.3 is 5.97 Å². The zero-order valence-corrected chi connectivity index (χ0v) is 26.3. The third-order valence-corrected chi connectivity index (χ3v) is 9.27. The predicted octanol–water partition coefficient (Wildman–Crippen LogP) is 7.43. The molecule has 2 heterocycles. The molecular weight excluding hydrogens is 592 g/mol. The molecule has 0 saturated carbocycles. The van der Waals surface area contributed by atoms with Gasteiger partial charge in [-0.05, 0) is 65.9 Å². The maximum absolute atomic E-state index is 16.1. The van der Waals surface area contributed by atoms with Gasteiger partial charge in [0.15, 0.2) is 0 Å². The Kier molecular flexibility index (Phi) is 8.42. The number of carboxylic acids is 1. The first kappa shape index (κ1) is 31.1. The van der Waals surface area contributed by atoms with Gasteiger partial charge in [0, 0.05) is 34.6 Å². The van der Waals surface area contributed by atoms with Crippen LogP contribution in [0.15, 0.2) is 54.6 Å². The van der Waals surface area contributed by atoms with Crippen molar-refractivity contribution in [3.63, 3.8) is 0 Å². The largest absolute Gasteiger partial charge is 0.495 e. The normalized spacial score (nSPS) is 23.2. The van der Waals surface area contributed by atoms with E-state index in [0.717, 1.165) is 17.7 Å². The van der Waals surface area contributed by atoms with Crippen LogP contribution in [0.2, 0.25) is 10.0 Å². The first-order chi connectivity index (χ1) is 20.3. The summed E-state index contributed by atoms with van der Waals surface area (Å²) >= 11 is 12.8. The van der Waals surface area contributed by atoms with Crippen molar-refractivity contribution < 1.29 is 23.8 Å². The molecule has 0 bridgehead atoms. The molecule has 10 heteroatoms. The number of carbonyl (C=O) groups excluding carboxylic acids is 1. The molecule has 2 aliphatic heterocycles. The summed E-state index contributed by atoms with van der Waals surface area (Å²) in [5.74, 6) is -2.45. The minimum atomic E-state index is -1.11. The Bertz CT molecular complexity index is 1580. The van der Waals surface area contributed by atoms with Crippen molar-refractivity contribution in [2.75, 3.05) is 30.8 Å². The lowest BCUT2D eigenvalue weighted by Gasteiger charge is -2.41. The number of carboxylic acid groups (broad SMARTS) is 1. The number of methoxy groups -OCH3 is 1. The van der Waals surface area contributed by atoms with E-state index in [1.165, 1.54) is 31.4 Å². The van der Waals surface area contributed by atoms with Gasteiger partial charge in [0.05, 0.1) is 29.4 Å². The molecule has 7 nitrogen and oxygen atoms in total. The van der Waals surface area contributed by atoms with E-state index in [1.54, 1.807) is 12.1 Å². The van der Waals surface area contributed by atoms with Crippen LogP contribution in [-0.4, -0.2) is 54.2 Å². The number of aromatic carboxylic acids is 1. The topological polar surface area (TPSA) is 90.9 Å². The van der Waals surface area contributed by atoms with Crippen LogP contribution in [-0.2, 0) is 10.2 Å². The molecule has 1 saturated heterocycles. The lowest BCUT2D eigenvalue weighted by molar-refractivity contribution is -0.121. The van der Waals surface area contributed by atoms with Crippen LogP contribution < -0.4 is 15.4 Å². The van der Waals surface area contributed by atoms with Crippen LogP contribution in [0.3, 0.4) is 0 Å². The highest BCUT2D eigenvalue weighted by Crippen LogP contribution is 2.60. The zero-order valence-electron chi connectivity index (χ0n) is 24.8. The maximum Gasteiger partial charge on any atom is 0.335 e. The second kappa shape index (κ2) is 11.6. The lowest BCUT2D eigenvalue weighted by Crippen LogP contribution is -2.48. The fourth-order valence-corrected chi connectivity index (χ4v) is 7.45. The molecule has 43 heavy (non-hydrogen) atoms. The average Bonchev–Trinajstić information content (AvgIpc) is 3.44. The Morgan fingerprint density at radius 3 is 2.56 bits per heavy atom. The van der Waals surface area contributed by atoms with Gasteiger partial charge in [-0.3, -0.25) is 9.69 Å². The van der Waals surface area contributed by atoms with E-state index in [2.05, 4.69) is 36.3 Å². The average molecular weight is 629 g/mol. The number of benzene rings is 3. The molecule has 3 aromatic carbocycles. The van der Waals surface area contributed by atoms with E-state index in [0.29, 0.717) is 29.4 Å². The molecule has 1 fully saturated rings. The summed E-state index contributed by atoms with van der Waals surface area (Å²) < 4.78 is 21.6. The second-order valence-electron chi connectivity index (χ2n) is 12.5. The van der Waals surface area contributed by atoms with Gasteiger partial charge < -0.3 is 20.5 Å². The Labute approximate surface area is 261 Å². The highest BCUT2D eigenvalue weighted by atomic mass is 35.5. The standard InChI is InChI=1S/C33H36Cl2FN3O4/c1-6-39-26(16-32(2,3)4)33(17-37-24-15-19(34)11-12-21(24)33)27(20-8-7-9-22(35)28(20)36)29(39)30(40)38-23-13-10-18(31(41)42)14-25(23)43-5/h7-15,26-27,29,37H,6,16-17H2,1-5H3,(H,38,40)(H,41,42)/t26-,27-,29+,33-/m0/s1. The van der Waals surface area contributed by atoms with E-state index in [4.69, 9.17) is 27.9 Å². The van der Waals surface area contributed by atoms with Crippen LogP contribution in [0.25, 0.3) is 0 Å². The fourth-order valence-electron chi connectivity index (χ4n) is 7.09. The summed E-state index contributed by atoms with van der Waals surface area (Å²) in [6.45, 7) is 9.49. The summed E-state index contributed by atoms with van der Waals surface area (Å²) in [5.41, 5.74) is 1.72. The van der Waals surface area contributed by atoms with Crippen molar-refractivity contribution in [3.8, 4) is 5.75 Å². The number of nitrogens with zero attached hydrogens (tertiary/aromatic N) is 1. The Hall–Kier alpha value is -3.33. The Morgan fingerprint density at radius 2 is 1.91 bits per heavy atom. The third-order valence-electron chi connectivity index (χ3n) is 8.74. The predicted molar refractivity (Wildman–Crippen MR) is 168 cm³/mol. The van der Waals surface area contributed by atoms with Crippen molar-refractivity contribution >= 4 is 46.5 Å². The van der Waals surface area contributed by atoms with Crippen LogP contribution in [0.5, 0.6) is 5.75 Å². The maximum atomic E-state index is 16.1. The molecule has 1 spiro atoms. The highest BCUT2D eigenvalue weighted by Gasteiger charge is 2.64. The second-order valence-corrected chi connectivity index (χ2v) is 13.3. The number of ether oxygens (including phenoxy) is 1. The SMILES string of the molecule is CCN1[C@@H](CC(C)(C)C)[C@@]2(CNc3cc(Cl)ccc32)[C@@H](c2cccc(Cl)c2F)[C@@H]1C(=O)Nc1ccc(C(=O)O)cc1OC. The third kappa shape index (κ3) is 5.45. The van der Waals surface area contributed by atoms with Crippen LogP contribution in [0, 0.1) is 11.2 Å². The van der Waals surface area contributed by atoms with Gasteiger partial charge in [0.2, 0.25) is 5.91 Å². The summed E-state index contributed by atoms with van der Waals surface area (Å²) in [6.07, 6.45) is 0.726. The molecule has 3 aromatic rings. The molecular formula is C33H36Cl2FN3O4. The fraction of sp³-hybridized carbons (Fsp3) is 0.394. The lowest BCUT2D eigenvalue weighted by atomic mass is 9.63. The van der Waals surface area contributed by atoms with Crippen molar-refractivity contribution in [1.82, 2.24) is 4.90 Å². The number of rotatable bonds is 7. The number of carbonyl (C=O) groups is 2. The van der Waals surface area contributed by atoms with E-state index in [1.807, 2.05) is 25.1 Å². The summed E-state index contributed by atoms with van der Waals surface area (Å²) in [5, 5.41) is 16.6. The van der Waals surface area contributed by atoms with Crippen molar-refractivity contribution in [2.24, 2.45) is 5.41 Å². The molecule has 0 aromatic heterocycles. The number of fused-ring (bicyclic) bond motifs is 2.